The van der Waals surface area contributed by atoms with E-state index in [0.29, 0.717) is 24.4 Å². The van der Waals surface area contributed by atoms with Gasteiger partial charge < -0.3 is 9.64 Å². The van der Waals surface area contributed by atoms with Crippen LogP contribution in [0, 0.1) is 0 Å². The minimum Gasteiger partial charge on any atom is -0.453 e. The van der Waals surface area contributed by atoms with Gasteiger partial charge >= 0.3 is 5.97 Å². The average Bonchev–Trinajstić information content (AvgIpc) is 3.23. The Balaban J connectivity index is 1.49. The first-order valence-corrected chi connectivity index (χ1v) is 13.4. The lowest BCUT2D eigenvalue weighted by Crippen LogP contribution is -2.40. The highest BCUT2D eigenvalue weighted by Gasteiger charge is 2.26. The third kappa shape index (κ3) is 6.78. The maximum Gasteiger partial charge on any atom is 0.306 e. The van der Waals surface area contributed by atoms with Crippen molar-refractivity contribution >= 4 is 21.9 Å². The molecule has 2 heterocycles. The van der Waals surface area contributed by atoms with E-state index in [9.17, 15) is 18.0 Å². The SMILES string of the molecule is CC(OC(=O)CCc1ccc(S(=O)(=O)N2CCCCCC2)cc1)C(=O)N1CCCCCC1. The number of sulfonamides is 1. The molecule has 1 aromatic carbocycles. The molecule has 0 aliphatic carbocycles. The summed E-state index contributed by atoms with van der Waals surface area (Å²) in [5.74, 6) is -0.537. The molecule has 0 spiro atoms. The monoisotopic (exact) mass is 464 g/mol. The lowest BCUT2D eigenvalue weighted by atomic mass is 10.1. The van der Waals surface area contributed by atoms with E-state index in [1.165, 1.54) is 0 Å². The zero-order valence-corrected chi connectivity index (χ0v) is 19.9. The summed E-state index contributed by atoms with van der Waals surface area (Å²) in [6, 6.07) is 6.74. The molecule has 0 bridgehead atoms. The second kappa shape index (κ2) is 11.8. The normalized spacial score (nSPS) is 19.6. The molecule has 32 heavy (non-hydrogen) atoms. The Labute approximate surface area is 192 Å². The van der Waals surface area contributed by atoms with Crippen LogP contribution in [0.1, 0.15) is 70.3 Å². The molecule has 7 nitrogen and oxygen atoms in total. The van der Waals surface area contributed by atoms with Gasteiger partial charge in [0.1, 0.15) is 0 Å². The summed E-state index contributed by atoms with van der Waals surface area (Å²) < 4.78 is 32.7. The van der Waals surface area contributed by atoms with Crippen molar-refractivity contribution in [2.45, 2.75) is 82.1 Å². The molecule has 0 saturated carbocycles. The highest BCUT2D eigenvalue weighted by Crippen LogP contribution is 2.21. The van der Waals surface area contributed by atoms with E-state index in [1.54, 1.807) is 40.4 Å². The molecule has 2 fully saturated rings. The zero-order chi connectivity index (χ0) is 23.0. The van der Waals surface area contributed by atoms with Gasteiger partial charge in [0.25, 0.3) is 5.91 Å². The van der Waals surface area contributed by atoms with E-state index >= 15 is 0 Å². The van der Waals surface area contributed by atoms with Crippen LogP contribution >= 0.6 is 0 Å². The Morgan fingerprint density at radius 3 is 1.97 bits per heavy atom. The Hall–Kier alpha value is -1.93. The van der Waals surface area contributed by atoms with Crippen molar-refractivity contribution in [1.82, 2.24) is 9.21 Å². The maximum absolute atomic E-state index is 12.9. The first kappa shape index (κ1) is 24.7. The number of carbonyl (C=O) groups excluding carboxylic acids is 2. The Kier molecular flexibility index (Phi) is 9.11. The van der Waals surface area contributed by atoms with Crippen molar-refractivity contribution in [3.8, 4) is 0 Å². The number of benzene rings is 1. The highest BCUT2D eigenvalue weighted by atomic mass is 32.2. The molecule has 3 rings (SSSR count). The van der Waals surface area contributed by atoms with Crippen LogP contribution in [-0.2, 0) is 30.8 Å². The van der Waals surface area contributed by atoms with Gasteiger partial charge in [0.05, 0.1) is 4.90 Å². The smallest absolute Gasteiger partial charge is 0.306 e. The van der Waals surface area contributed by atoms with Gasteiger partial charge in [0.15, 0.2) is 6.10 Å². The van der Waals surface area contributed by atoms with Crippen LogP contribution in [0.4, 0.5) is 0 Å². The lowest BCUT2D eigenvalue weighted by molar-refractivity contribution is -0.159. The van der Waals surface area contributed by atoms with Crippen LogP contribution in [0.15, 0.2) is 29.2 Å². The van der Waals surface area contributed by atoms with Crippen LogP contribution in [0.3, 0.4) is 0 Å². The van der Waals surface area contributed by atoms with Crippen LogP contribution < -0.4 is 0 Å². The molecule has 0 N–H and O–H groups in total. The molecule has 8 heteroatoms. The highest BCUT2D eigenvalue weighted by molar-refractivity contribution is 7.89. The predicted octanol–water partition coefficient (Wildman–Crippen LogP) is 3.52. The fraction of sp³-hybridized carbons (Fsp3) is 0.667. The lowest BCUT2D eigenvalue weighted by Gasteiger charge is -2.24. The van der Waals surface area contributed by atoms with Crippen LogP contribution in [0.25, 0.3) is 0 Å². The molecule has 178 valence electrons. The van der Waals surface area contributed by atoms with E-state index in [1.807, 2.05) is 0 Å². The van der Waals surface area contributed by atoms with Crippen LogP contribution in [0.2, 0.25) is 0 Å². The molecule has 2 saturated heterocycles. The number of esters is 1. The number of ether oxygens (including phenoxy) is 1. The summed E-state index contributed by atoms with van der Waals surface area (Å²) in [6.45, 7) is 4.24. The Bertz CT molecular complexity index is 853. The van der Waals surface area contributed by atoms with Gasteiger partial charge in [-0.2, -0.15) is 4.31 Å². The van der Waals surface area contributed by atoms with Crippen LogP contribution in [0.5, 0.6) is 0 Å². The molecule has 1 amide bonds. The topological polar surface area (TPSA) is 84.0 Å². The summed E-state index contributed by atoms with van der Waals surface area (Å²) in [4.78, 5) is 26.9. The van der Waals surface area contributed by atoms with Crippen molar-refractivity contribution in [2.24, 2.45) is 0 Å². The number of hydrogen-bond acceptors (Lipinski definition) is 5. The van der Waals surface area contributed by atoms with E-state index < -0.39 is 22.1 Å². The van der Waals surface area contributed by atoms with Gasteiger partial charge in [-0.3, -0.25) is 9.59 Å². The first-order chi connectivity index (χ1) is 15.4. The van der Waals surface area contributed by atoms with E-state index in [-0.39, 0.29) is 12.3 Å². The minimum absolute atomic E-state index is 0.122. The maximum atomic E-state index is 12.9. The van der Waals surface area contributed by atoms with E-state index in [0.717, 1.165) is 70.0 Å². The summed E-state index contributed by atoms with van der Waals surface area (Å²) in [6.07, 6.45) is 8.02. The zero-order valence-electron chi connectivity index (χ0n) is 19.1. The van der Waals surface area contributed by atoms with Crippen molar-refractivity contribution < 1.29 is 22.7 Å². The quantitative estimate of drug-likeness (QED) is 0.577. The van der Waals surface area contributed by atoms with Crippen molar-refractivity contribution in [2.75, 3.05) is 26.2 Å². The number of nitrogens with zero attached hydrogens (tertiary/aromatic N) is 2. The number of likely N-dealkylation sites (tertiary alicyclic amines) is 1. The average molecular weight is 465 g/mol. The van der Waals surface area contributed by atoms with Crippen molar-refractivity contribution in [1.29, 1.82) is 0 Å². The first-order valence-electron chi connectivity index (χ1n) is 12.0. The number of amides is 1. The molecule has 2 aliphatic heterocycles. The number of hydrogen-bond donors (Lipinski definition) is 0. The molecular weight excluding hydrogens is 428 g/mol. The third-order valence-corrected chi connectivity index (χ3v) is 8.23. The van der Waals surface area contributed by atoms with Gasteiger partial charge in [-0.1, -0.05) is 37.8 Å². The minimum atomic E-state index is -3.47. The fourth-order valence-electron chi connectivity index (χ4n) is 4.36. The number of aryl methyl sites for hydroxylation is 1. The number of rotatable bonds is 7. The number of carbonyl (C=O) groups is 2. The third-order valence-electron chi connectivity index (χ3n) is 6.32. The van der Waals surface area contributed by atoms with Gasteiger partial charge in [0.2, 0.25) is 10.0 Å². The molecule has 0 radical (unpaired) electrons. The summed E-state index contributed by atoms with van der Waals surface area (Å²) in [5.41, 5.74) is 0.864. The van der Waals surface area contributed by atoms with Crippen LogP contribution in [-0.4, -0.2) is 61.8 Å². The fourth-order valence-corrected chi connectivity index (χ4v) is 5.88. The van der Waals surface area contributed by atoms with Gasteiger partial charge in [-0.15, -0.1) is 0 Å². The molecular formula is C24H36N2O5S. The van der Waals surface area contributed by atoms with Crippen molar-refractivity contribution in [3.05, 3.63) is 29.8 Å². The Morgan fingerprint density at radius 2 is 1.41 bits per heavy atom. The second-order valence-corrected chi connectivity index (χ2v) is 10.8. The van der Waals surface area contributed by atoms with Gasteiger partial charge in [-0.25, -0.2) is 8.42 Å². The van der Waals surface area contributed by atoms with E-state index in [4.69, 9.17) is 4.74 Å². The van der Waals surface area contributed by atoms with Gasteiger partial charge in [-0.05, 0) is 56.7 Å². The largest absolute Gasteiger partial charge is 0.453 e. The molecule has 1 unspecified atom stereocenters. The molecule has 0 aromatic heterocycles. The van der Waals surface area contributed by atoms with Gasteiger partial charge in [0, 0.05) is 32.6 Å². The second-order valence-electron chi connectivity index (χ2n) is 8.83. The molecule has 2 aliphatic rings. The molecule has 1 atom stereocenters. The summed E-state index contributed by atoms with van der Waals surface area (Å²) in [7, 11) is -3.47. The Morgan fingerprint density at radius 1 is 0.875 bits per heavy atom. The van der Waals surface area contributed by atoms with E-state index in [2.05, 4.69) is 0 Å². The predicted molar refractivity (Wildman–Crippen MR) is 123 cm³/mol. The molecule has 1 aromatic rings. The standard InChI is InChI=1S/C24H36N2O5S/c1-20(24(28)25-16-6-2-3-7-17-25)31-23(27)15-12-21-10-13-22(14-11-21)32(29,30)26-18-8-4-5-9-19-26/h10-11,13-14,20H,2-9,12,15-19H2,1H3. The summed E-state index contributed by atoms with van der Waals surface area (Å²) >= 11 is 0. The van der Waals surface area contributed by atoms with Crippen molar-refractivity contribution in [3.63, 3.8) is 0 Å². The summed E-state index contributed by atoms with van der Waals surface area (Å²) in [5, 5.41) is 0.